The summed E-state index contributed by atoms with van der Waals surface area (Å²) < 4.78 is 0. The molecule has 1 aliphatic rings. The molecule has 0 saturated carbocycles. The van der Waals surface area contributed by atoms with E-state index in [2.05, 4.69) is 32.9 Å². The average Bonchev–Trinajstić information content (AvgIpc) is 2.16. The minimum absolute atomic E-state index is 0.869. The zero-order valence-corrected chi connectivity index (χ0v) is 9.42. The fourth-order valence-electron chi connectivity index (χ4n) is 2.28. The highest BCUT2D eigenvalue weighted by atomic mass is 14.2. The number of allylic oxidation sites excluding steroid dienone is 2. The molecule has 2 atom stereocenters. The molecule has 0 N–H and O–H groups in total. The Morgan fingerprint density at radius 1 is 1.08 bits per heavy atom. The van der Waals surface area contributed by atoms with Crippen LogP contribution in [-0.2, 0) is 0 Å². The van der Waals surface area contributed by atoms with E-state index in [-0.39, 0.29) is 0 Å². The Labute approximate surface area is 83.4 Å². The fraction of sp³-hybridized carbons (Fsp3) is 0.846. The van der Waals surface area contributed by atoms with E-state index >= 15 is 0 Å². The van der Waals surface area contributed by atoms with Gasteiger partial charge in [0.1, 0.15) is 0 Å². The minimum atomic E-state index is 0.869. The first-order valence-electron chi connectivity index (χ1n) is 5.85. The van der Waals surface area contributed by atoms with Crippen molar-refractivity contribution in [1.82, 2.24) is 0 Å². The Bertz CT molecular complexity index is 155. The van der Waals surface area contributed by atoms with Gasteiger partial charge in [0.15, 0.2) is 0 Å². The van der Waals surface area contributed by atoms with Gasteiger partial charge in [-0.25, -0.2) is 0 Å². The van der Waals surface area contributed by atoms with Gasteiger partial charge in [0, 0.05) is 0 Å². The highest BCUT2D eigenvalue weighted by Crippen LogP contribution is 2.28. The molecule has 0 heteroatoms. The lowest BCUT2D eigenvalue weighted by Gasteiger charge is -2.23. The lowest BCUT2D eigenvalue weighted by atomic mass is 9.83. The van der Waals surface area contributed by atoms with Gasteiger partial charge < -0.3 is 0 Å². The largest absolute Gasteiger partial charge is 0.0885 e. The van der Waals surface area contributed by atoms with E-state index in [4.69, 9.17) is 0 Å². The van der Waals surface area contributed by atoms with Gasteiger partial charge in [-0.1, -0.05) is 32.9 Å². The van der Waals surface area contributed by atoms with E-state index in [9.17, 15) is 0 Å². The standard InChI is InChI=1S/C13H24/c1-11(2)13-9-7-5-4-6-8-12(3)10-13/h4-5,11-13H,6-10H2,1-3H3. The number of hydrogen-bond donors (Lipinski definition) is 0. The maximum atomic E-state index is 2.41. The topological polar surface area (TPSA) is 0 Å². The summed E-state index contributed by atoms with van der Waals surface area (Å²) in [6, 6.07) is 0. The van der Waals surface area contributed by atoms with Crippen molar-refractivity contribution in [2.24, 2.45) is 17.8 Å². The third-order valence-corrected chi connectivity index (χ3v) is 3.34. The van der Waals surface area contributed by atoms with Crippen LogP contribution in [0.3, 0.4) is 0 Å². The summed E-state index contributed by atoms with van der Waals surface area (Å²) in [4.78, 5) is 0. The lowest BCUT2D eigenvalue weighted by Crippen LogP contribution is -2.12. The van der Waals surface area contributed by atoms with Crippen LogP contribution in [0.4, 0.5) is 0 Å². The first-order valence-corrected chi connectivity index (χ1v) is 5.85. The zero-order chi connectivity index (χ0) is 9.68. The van der Waals surface area contributed by atoms with Gasteiger partial charge in [0.05, 0.1) is 0 Å². The Morgan fingerprint density at radius 3 is 2.31 bits per heavy atom. The van der Waals surface area contributed by atoms with Crippen molar-refractivity contribution in [2.45, 2.75) is 52.9 Å². The van der Waals surface area contributed by atoms with Crippen LogP contribution in [0.15, 0.2) is 12.2 Å². The van der Waals surface area contributed by atoms with E-state index in [1.165, 1.54) is 32.1 Å². The van der Waals surface area contributed by atoms with E-state index in [0.29, 0.717) is 0 Å². The smallest absolute Gasteiger partial charge is 0.0348 e. The van der Waals surface area contributed by atoms with Crippen molar-refractivity contribution >= 4 is 0 Å². The highest BCUT2D eigenvalue weighted by molar-refractivity contribution is 4.85. The summed E-state index contributed by atoms with van der Waals surface area (Å²) in [6.07, 6.45) is 11.6. The molecule has 2 unspecified atom stereocenters. The summed E-state index contributed by atoms with van der Waals surface area (Å²) >= 11 is 0. The van der Waals surface area contributed by atoms with Crippen molar-refractivity contribution in [2.75, 3.05) is 0 Å². The van der Waals surface area contributed by atoms with Crippen LogP contribution in [0.25, 0.3) is 0 Å². The van der Waals surface area contributed by atoms with Crippen LogP contribution < -0.4 is 0 Å². The highest BCUT2D eigenvalue weighted by Gasteiger charge is 2.16. The molecule has 0 fully saturated rings. The molecule has 0 aromatic rings. The Morgan fingerprint density at radius 2 is 1.69 bits per heavy atom. The molecule has 0 aliphatic heterocycles. The molecule has 1 rings (SSSR count). The predicted molar refractivity (Wildman–Crippen MR) is 59.7 cm³/mol. The summed E-state index contributed by atoms with van der Waals surface area (Å²) in [5.74, 6) is 2.75. The van der Waals surface area contributed by atoms with Crippen LogP contribution in [0.1, 0.15) is 52.9 Å². The number of rotatable bonds is 1. The van der Waals surface area contributed by atoms with Crippen molar-refractivity contribution in [1.29, 1.82) is 0 Å². The van der Waals surface area contributed by atoms with Crippen LogP contribution in [-0.4, -0.2) is 0 Å². The second-order valence-corrected chi connectivity index (χ2v) is 4.97. The molecular weight excluding hydrogens is 156 g/mol. The van der Waals surface area contributed by atoms with Crippen LogP contribution in [0, 0.1) is 17.8 Å². The first kappa shape index (κ1) is 10.8. The third-order valence-electron chi connectivity index (χ3n) is 3.34. The quantitative estimate of drug-likeness (QED) is 0.524. The van der Waals surface area contributed by atoms with E-state index in [0.717, 1.165) is 17.8 Å². The maximum absolute atomic E-state index is 2.41. The SMILES string of the molecule is CC1CCC=CCCC(C(C)C)C1. The summed E-state index contributed by atoms with van der Waals surface area (Å²) in [7, 11) is 0. The van der Waals surface area contributed by atoms with Crippen molar-refractivity contribution in [3.63, 3.8) is 0 Å². The maximum Gasteiger partial charge on any atom is -0.0348 e. The van der Waals surface area contributed by atoms with E-state index < -0.39 is 0 Å². The predicted octanol–water partition coefficient (Wildman–Crippen LogP) is 4.42. The van der Waals surface area contributed by atoms with Gasteiger partial charge in [-0.15, -0.1) is 0 Å². The van der Waals surface area contributed by atoms with E-state index in [1.807, 2.05) is 0 Å². The van der Waals surface area contributed by atoms with Crippen LogP contribution in [0.2, 0.25) is 0 Å². The van der Waals surface area contributed by atoms with Gasteiger partial charge in [0.25, 0.3) is 0 Å². The molecule has 0 aromatic heterocycles. The van der Waals surface area contributed by atoms with Crippen LogP contribution in [0.5, 0.6) is 0 Å². The van der Waals surface area contributed by atoms with Gasteiger partial charge in [-0.2, -0.15) is 0 Å². The monoisotopic (exact) mass is 180 g/mol. The molecule has 0 spiro atoms. The molecule has 76 valence electrons. The van der Waals surface area contributed by atoms with Gasteiger partial charge in [-0.05, 0) is 49.9 Å². The van der Waals surface area contributed by atoms with Crippen molar-refractivity contribution < 1.29 is 0 Å². The van der Waals surface area contributed by atoms with Crippen molar-refractivity contribution in [3.05, 3.63) is 12.2 Å². The fourth-order valence-corrected chi connectivity index (χ4v) is 2.28. The molecule has 0 bridgehead atoms. The number of hydrogen-bond acceptors (Lipinski definition) is 0. The Balaban J connectivity index is 2.48. The zero-order valence-electron chi connectivity index (χ0n) is 9.42. The molecule has 0 heterocycles. The van der Waals surface area contributed by atoms with Gasteiger partial charge >= 0.3 is 0 Å². The molecule has 1 aliphatic carbocycles. The van der Waals surface area contributed by atoms with Gasteiger partial charge in [-0.3, -0.25) is 0 Å². The minimum Gasteiger partial charge on any atom is -0.0885 e. The van der Waals surface area contributed by atoms with Crippen LogP contribution >= 0.6 is 0 Å². The van der Waals surface area contributed by atoms with Crippen molar-refractivity contribution in [3.8, 4) is 0 Å². The molecule has 0 radical (unpaired) electrons. The second-order valence-electron chi connectivity index (χ2n) is 4.97. The summed E-state index contributed by atoms with van der Waals surface area (Å²) in [5.41, 5.74) is 0. The molecule has 13 heavy (non-hydrogen) atoms. The normalized spacial score (nSPS) is 31.1. The first-order chi connectivity index (χ1) is 6.20. The third kappa shape index (κ3) is 3.97. The Kier molecular flexibility index (Phi) is 4.55. The molecule has 0 amide bonds. The summed E-state index contributed by atoms with van der Waals surface area (Å²) in [6.45, 7) is 7.16. The van der Waals surface area contributed by atoms with E-state index in [1.54, 1.807) is 0 Å². The molecule has 0 saturated heterocycles. The van der Waals surface area contributed by atoms with Gasteiger partial charge in [0.2, 0.25) is 0 Å². The summed E-state index contributed by atoms with van der Waals surface area (Å²) in [5, 5.41) is 0. The Hall–Kier alpha value is -0.260. The molecule has 0 aromatic carbocycles. The lowest BCUT2D eigenvalue weighted by molar-refractivity contribution is 0.287. The molecule has 0 nitrogen and oxygen atoms in total. The molecular formula is C13H24. The second kappa shape index (κ2) is 5.47. The average molecular weight is 180 g/mol.